The van der Waals surface area contributed by atoms with Crippen molar-refractivity contribution in [2.24, 2.45) is 0 Å². The molecular weight excluding hydrogens is 247 g/mol. The van der Waals surface area contributed by atoms with Crippen molar-refractivity contribution in [3.63, 3.8) is 0 Å². The molecular formula is C9H21FO4Si2. The van der Waals surface area contributed by atoms with Crippen molar-refractivity contribution in [2.75, 3.05) is 28.4 Å². The van der Waals surface area contributed by atoms with E-state index >= 15 is 0 Å². The largest absolute Gasteiger partial charge is 0.542 e. The molecule has 16 heavy (non-hydrogen) atoms. The van der Waals surface area contributed by atoms with Gasteiger partial charge in [-0.15, -0.1) is 0 Å². The Morgan fingerprint density at radius 2 is 1.31 bits per heavy atom. The Kier molecular flexibility index (Phi) is 4.67. The molecule has 0 heterocycles. The third-order valence-corrected chi connectivity index (χ3v) is 10.4. The summed E-state index contributed by atoms with van der Waals surface area (Å²) in [5.41, 5.74) is -0.0434. The molecule has 2 atom stereocenters. The standard InChI is InChI=1S/C9H21FO4Si2/c1-11-15(5,12-2)8-6-7-9(8)16(10,13-3)14-4/h8-9H,6-7H2,1-5H3. The molecule has 0 amide bonds. The summed E-state index contributed by atoms with van der Waals surface area (Å²) in [6, 6.07) is 0. The minimum Gasteiger partial charge on any atom is -0.398 e. The third-order valence-electron chi connectivity index (χ3n) is 3.76. The average Bonchev–Trinajstić information content (AvgIpc) is 2.26. The van der Waals surface area contributed by atoms with Crippen molar-refractivity contribution in [1.29, 1.82) is 0 Å². The van der Waals surface area contributed by atoms with E-state index in [0.29, 0.717) is 0 Å². The van der Waals surface area contributed by atoms with Crippen LogP contribution in [0.3, 0.4) is 0 Å². The fourth-order valence-corrected chi connectivity index (χ4v) is 8.11. The number of rotatable bonds is 6. The van der Waals surface area contributed by atoms with Gasteiger partial charge < -0.3 is 17.7 Å². The molecule has 0 spiro atoms. The molecule has 0 saturated heterocycles. The van der Waals surface area contributed by atoms with Gasteiger partial charge in [0, 0.05) is 39.5 Å². The maximum atomic E-state index is 14.4. The van der Waals surface area contributed by atoms with E-state index in [1.807, 2.05) is 6.55 Å². The Labute approximate surface area is 98.7 Å². The van der Waals surface area contributed by atoms with E-state index in [1.54, 1.807) is 14.2 Å². The van der Waals surface area contributed by atoms with Gasteiger partial charge in [0.15, 0.2) is 0 Å². The lowest BCUT2D eigenvalue weighted by Gasteiger charge is -2.46. The first-order valence-corrected chi connectivity index (χ1v) is 9.53. The summed E-state index contributed by atoms with van der Waals surface area (Å²) in [7, 11) is 0.190. The SMILES string of the molecule is CO[Si](C)(OC)C1CCC1[Si](F)(OC)OC. The Hall–Kier alpha value is 0.204. The molecule has 4 nitrogen and oxygen atoms in total. The molecule has 0 radical (unpaired) electrons. The zero-order chi connectivity index (χ0) is 12.4. The number of halogens is 1. The highest BCUT2D eigenvalue weighted by molar-refractivity contribution is 6.72. The highest BCUT2D eigenvalue weighted by atomic mass is 28.4. The van der Waals surface area contributed by atoms with Crippen LogP contribution in [0.15, 0.2) is 0 Å². The van der Waals surface area contributed by atoms with Crippen LogP contribution in [-0.2, 0) is 17.7 Å². The first-order chi connectivity index (χ1) is 7.47. The van der Waals surface area contributed by atoms with Gasteiger partial charge in [0.2, 0.25) is 0 Å². The van der Waals surface area contributed by atoms with Crippen molar-refractivity contribution in [1.82, 2.24) is 0 Å². The molecule has 1 aliphatic rings. The van der Waals surface area contributed by atoms with Gasteiger partial charge in [0.05, 0.1) is 0 Å². The molecule has 1 fully saturated rings. The lowest BCUT2D eigenvalue weighted by atomic mass is 9.98. The zero-order valence-electron chi connectivity index (χ0n) is 10.6. The fourth-order valence-electron chi connectivity index (χ4n) is 2.31. The predicted molar refractivity (Wildman–Crippen MR) is 63.3 cm³/mol. The molecule has 2 unspecified atom stereocenters. The molecule has 0 aliphatic heterocycles. The minimum absolute atomic E-state index is 0.124. The van der Waals surface area contributed by atoms with E-state index in [1.165, 1.54) is 14.2 Å². The maximum absolute atomic E-state index is 14.4. The van der Waals surface area contributed by atoms with E-state index in [0.717, 1.165) is 12.8 Å². The van der Waals surface area contributed by atoms with Crippen LogP contribution < -0.4 is 0 Å². The Morgan fingerprint density at radius 3 is 1.56 bits per heavy atom. The molecule has 96 valence electrons. The third kappa shape index (κ3) is 2.25. The van der Waals surface area contributed by atoms with E-state index in [9.17, 15) is 4.11 Å². The van der Waals surface area contributed by atoms with Crippen LogP contribution in [0.1, 0.15) is 12.8 Å². The number of hydrogen-bond donors (Lipinski definition) is 0. The van der Waals surface area contributed by atoms with Gasteiger partial charge in [0.1, 0.15) is 0 Å². The van der Waals surface area contributed by atoms with Gasteiger partial charge in [-0.25, -0.2) is 4.11 Å². The highest BCUT2D eigenvalue weighted by Gasteiger charge is 2.62. The molecule has 1 saturated carbocycles. The van der Waals surface area contributed by atoms with Crippen molar-refractivity contribution < 1.29 is 21.8 Å². The molecule has 0 bridgehead atoms. The summed E-state index contributed by atoms with van der Waals surface area (Å²) in [6.45, 7) is 1.96. The fraction of sp³-hybridized carbons (Fsp3) is 1.00. The van der Waals surface area contributed by atoms with Gasteiger partial charge in [-0.3, -0.25) is 0 Å². The molecule has 0 aromatic carbocycles. The van der Waals surface area contributed by atoms with Gasteiger partial charge >= 0.3 is 17.5 Å². The summed E-state index contributed by atoms with van der Waals surface area (Å²) < 4.78 is 35.2. The van der Waals surface area contributed by atoms with E-state index in [-0.39, 0.29) is 11.1 Å². The lowest BCUT2D eigenvalue weighted by molar-refractivity contribution is 0.143. The second-order valence-electron chi connectivity index (χ2n) is 4.21. The molecule has 0 N–H and O–H groups in total. The maximum Gasteiger partial charge on any atom is 0.542 e. The first kappa shape index (κ1) is 14.3. The van der Waals surface area contributed by atoms with Crippen LogP contribution in [0.5, 0.6) is 0 Å². The van der Waals surface area contributed by atoms with Crippen LogP contribution >= 0.6 is 0 Å². The zero-order valence-corrected chi connectivity index (χ0v) is 12.6. The smallest absolute Gasteiger partial charge is 0.398 e. The second-order valence-corrected chi connectivity index (χ2v) is 10.5. The quantitative estimate of drug-likeness (QED) is 0.546. The molecule has 1 rings (SSSR count). The van der Waals surface area contributed by atoms with Crippen LogP contribution in [0.2, 0.25) is 17.6 Å². The van der Waals surface area contributed by atoms with Crippen molar-refractivity contribution in [3.8, 4) is 0 Å². The average molecular weight is 268 g/mol. The first-order valence-electron chi connectivity index (χ1n) is 5.37. The molecule has 1 aliphatic carbocycles. The highest BCUT2D eigenvalue weighted by Crippen LogP contribution is 2.56. The van der Waals surface area contributed by atoms with Crippen molar-refractivity contribution >= 4 is 17.5 Å². The van der Waals surface area contributed by atoms with Crippen molar-refractivity contribution in [3.05, 3.63) is 0 Å². The monoisotopic (exact) mass is 268 g/mol. The van der Waals surface area contributed by atoms with Crippen LogP contribution in [0.25, 0.3) is 0 Å². The summed E-state index contributed by atoms with van der Waals surface area (Å²) >= 11 is 0. The van der Waals surface area contributed by atoms with Crippen LogP contribution in [-0.4, -0.2) is 45.9 Å². The molecule has 7 heteroatoms. The van der Waals surface area contributed by atoms with Gasteiger partial charge in [0.25, 0.3) is 0 Å². The normalized spacial score (nSPS) is 26.6. The summed E-state index contributed by atoms with van der Waals surface area (Å²) in [5.74, 6) is 0. The summed E-state index contributed by atoms with van der Waals surface area (Å²) in [4.78, 5) is 0. The molecule has 0 aromatic heterocycles. The Bertz CT molecular complexity index is 210. The summed E-state index contributed by atoms with van der Waals surface area (Å²) in [5, 5.41) is 0. The predicted octanol–water partition coefficient (Wildman–Crippen LogP) is 2.09. The summed E-state index contributed by atoms with van der Waals surface area (Å²) in [6.07, 6.45) is 1.73. The van der Waals surface area contributed by atoms with Gasteiger partial charge in [-0.2, -0.15) is 0 Å². The lowest BCUT2D eigenvalue weighted by Crippen LogP contribution is -2.55. The Balaban J connectivity index is 2.79. The van der Waals surface area contributed by atoms with Crippen molar-refractivity contribution in [2.45, 2.75) is 30.5 Å². The van der Waals surface area contributed by atoms with E-state index in [4.69, 9.17) is 17.7 Å². The van der Waals surface area contributed by atoms with Gasteiger partial charge in [-0.1, -0.05) is 0 Å². The minimum atomic E-state index is -3.54. The number of hydrogen-bond acceptors (Lipinski definition) is 4. The Morgan fingerprint density at radius 1 is 0.875 bits per heavy atom. The van der Waals surface area contributed by atoms with Crippen LogP contribution in [0, 0.1) is 0 Å². The van der Waals surface area contributed by atoms with Gasteiger partial charge in [-0.05, 0) is 19.4 Å². The van der Waals surface area contributed by atoms with Crippen LogP contribution in [0.4, 0.5) is 4.11 Å². The van der Waals surface area contributed by atoms with E-state index < -0.39 is 17.5 Å². The van der Waals surface area contributed by atoms with E-state index in [2.05, 4.69) is 0 Å². The second kappa shape index (κ2) is 5.24. The molecule has 0 aromatic rings. The topological polar surface area (TPSA) is 36.9 Å².